The Morgan fingerprint density at radius 1 is 1.07 bits per heavy atom. The summed E-state index contributed by atoms with van der Waals surface area (Å²) in [5, 5.41) is 8.69. The van der Waals surface area contributed by atoms with Gasteiger partial charge in [0.1, 0.15) is 0 Å². The second-order valence-corrected chi connectivity index (χ2v) is 6.46. The molecule has 0 saturated heterocycles. The van der Waals surface area contributed by atoms with Gasteiger partial charge in [0.25, 0.3) is 0 Å². The van der Waals surface area contributed by atoms with Crippen LogP contribution in [-0.4, -0.2) is 29.9 Å². The molecule has 0 aliphatic rings. The molecular formula is C21H32O6. The third kappa shape index (κ3) is 8.54. The number of carboxylic acids is 1. The van der Waals surface area contributed by atoms with Crippen LogP contribution in [0.5, 0.6) is 0 Å². The second kappa shape index (κ2) is 12.5. The number of aliphatic carboxylic acids is 1. The molecular weight excluding hydrogens is 348 g/mol. The fourth-order valence-corrected chi connectivity index (χ4v) is 2.68. The van der Waals surface area contributed by atoms with Gasteiger partial charge in [-0.25, -0.2) is 0 Å². The van der Waals surface area contributed by atoms with Crippen molar-refractivity contribution in [1.29, 1.82) is 0 Å². The Kier molecular flexibility index (Phi) is 10.7. The van der Waals surface area contributed by atoms with Crippen molar-refractivity contribution in [3.8, 4) is 0 Å². The predicted molar refractivity (Wildman–Crippen MR) is 102 cm³/mol. The summed E-state index contributed by atoms with van der Waals surface area (Å²) in [6.45, 7) is 6.35. The lowest BCUT2D eigenvalue weighted by molar-refractivity contribution is -0.302. The van der Waals surface area contributed by atoms with Crippen LogP contribution in [0.2, 0.25) is 0 Å². The van der Waals surface area contributed by atoms with Crippen molar-refractivity contribution in [1.82, 2.24) is 0 Å². The Morgan fingerprint density at radius 2 is 1.74 bits per heavy atom. The van der Waals surface area contributed by atoms with Crippen molar-refractivity contribution in [2.24, 2.45) is 0 Å². The number of hydrogen-bond donors (Lipinski definition) is 1. The Morgan fingerprint density at radius 3 is 2.33 bits per heavy atom. The minimum absolute atomic E-state index is 0.0453. The topological polar surface area (TPSA) is 82.1 Å². The third-order valence-electron chi connectivity index (χ3n) is 4.19. The van der Waals surface area contributed by atoms with Crippen LogP contribution < -0.4 is 0 Å². The number of carboxylic acid groups (broad SMARTS) is 1. The number of carbonyl (C=O) groups is 2. The zero-order valence-corrected chi connectivity index (χ0v) is 16.6. The van der Waals surface area contributed by atoms with Crippen molar-refractivity contribution in [3.63, 3.8) is 0 Å². The molecule has 0 aliphatic carbocycles. The summed E-state index contributed by atoms with van der Waals surface area (Å²) in [5.41, 5.74) is 0.748. The molecule has 0 bridgehead atoms. The highest BCUT2D eigenvalue weighted by Crippen LogP contribution is 2.33. The zero-order valence-electron chi connectivity index (χ0n) is 16.6. The van der Waals surface area contributed by atoms with Crippen molar-refractivity contribution < 1.29 is 28.9 Å². The zero-order chi connectivity index (χ0) is 20.1. The quantitative estimate of drug-likeness (QED) is 0.288. The summed E-state index contributed by atoms with van der Waals surface area (Å²) in [6.07, 6.45) is 2.95. The molecule has 1 aromatic rings. The van der Waals surface area contributed by atoms with Gasteiger partial charge in [-0.2, -0.15) is 0 Å². The van der Waals surface area contributed by atoms with Crippen LogP contribution in [0.25, 0.3) is 0 Å². The average Bonchev–Trinajstić information content (AvgIpc) is 2.65. The molecule has 2 unspecified atom stereocenters. The van der Waals surface area contributed by atoms with Gasteiger partial charge in [-0.05, 0) is 26.2 Å². The van der Waals surface area contributed by atoms with Gasteiger partial charge in [0.2, 0.25) is 5.79 Å². The van der Waals surface area contributed by atoms with Crippen molar-refractivity contribution in [3.05, 3.63) is 35.9 Å². The van der Waals surface area contributed by atoms with E-state index in [1.807, 2.05) is 37.3 Å². The highest BCUT2D eigenvalue weighted by molar-refractivity contribution is 5.70. The molecule has 1 aromatic carbocycles. The predicted octanol–water partition coefficient (Wildman–Crippen LogP) is 4.62. The SMILES string of the molecule is CCCCOC(C)OC(CC)(OC(=O)CCCCC(=O)O)c1ccccc1. The summed E-state index contributed by atoms with van der Waals surface area (Å²) >= 11 is 0. The number of hydrogen-bond acceptors (Lipinski definition) is 5. The fourth-order valence-electron chi connectivity index (χ4n) is 2.68. The monoisotopic (exact) mass is 380 g/mol. The maximum Gasteiger partial charge on any atom is 0.308 e. The molecule has 0 spiro atoms. The van der Waals surface area contributed by atoms with Crippen molar-refractivity contribution in [2.45, 2.75) is 77.8 Å². The van der Waals surface area contributed by atoms with Crippen LogP contribution in [0.3, 0.4) is 0 Å². The smallest absolute Gasteiger partial charge is 0.308 e. The number of unbranched alkanes of at least 4 members (excludes halogenated alkanes) is 2. The molecule has 0 aromatic heterocycles. The summed E-state index contributed by atoms with van der Waals surface area (Å²) in [5.74, 6) is -2.50. The molecule has 6 nitrogen and oxygen atoms in total. The molecule has 1 rings (SSSR count). The Labute approximate surface area is 161 Å². The van der Waals surface area contributed by atoms with Crippen molar-refractivity contribution in [2.75, 3.05) is 6.61 Å². The standard InChI is InChI=1S/C21H32O6/c1-4-6-16-25-17(3)26-21(5-2,18-12-8-7-9-13-18)27-20(24)15-11-10-14-19(22)23/h7-9,12-13,17H,4-6,10-11,14-16H2,1-3H3,(H,22,23). The van der Waals surface area contributed by atoms with Crippen LogP contribution in [0.15, 0.2) is 30.3 Å². The van der Waals surface area contributed by atoms with E-state index in [0.717, 1.165) is 18.4 Å². The first-order chi connectivity index (χ1) is 12.9. The minimum atomic E-state index is -1.23. The molecule has 0 saturated carbocycles. The van der Waals surface area contributed by atoms with E-state index in [2.05, 4.69) is 6.92 Å². The van der Waals surface area contributed by atoms with Gasteiger partial charge in [-0.15, -0.1) is 0 Å². The number of rotatable bonds is 14. The molecule has 0 fully saturated rings. The van der Waals surface area contributed by atoms with Crippen LogP contribution in [0.1, 0.15) is 71.3 Å². The van der Waals surface area contributed by atoms with E-state index in [1.54, 1.807) is 6.92 Å². The minimum Gasteiger partial charge on any atom is -0.481 e. The maximum atomic E-state index is 12.4. The van der Waals surface area contributed by atoms with Gasteiger partial charge in [0.15, 0.2) is 6.29 Å². The molecule has 0 heterocycles. The number of esters is 1. The Hall–Kier alpha value is -1.92. The van der Waals surface area contributed by atoms with Gasteiger partial charge < -0.3 is 19.3 Å². The normalized spacial score (nSPS) is 14.3. The van der Waals surface area contributed by atoms with Crippen LogP contribution in [-0.2, 0) is 29.6 Å². The first kappa shape index (κ1) is 23.1. The van der Waals surface area contributed by atoms with Gasteiger partial charge >= 0.3 is 11.9 Å². The highest BCUT2D eigenvalue weighted by Gasteiger charge is 2.37. The van der Waals surface area contributed by atoms with E-state index in [-0.39, 0.29) is 12.8 Å². The molecule has 0 aliphatic heterocycles. The fraction of sp³-hybridized carbons (Fsp3) is 0.619. The largest absolute Gasteiger partial charge is 0.481 e. The third-order valence-corrected chi connectivity index (χ3v) is 4.19. The van der Waals surface area contributed by atoms with E-state index >= 15 is 0 Å². The molecule has 152 valence electrons. The lowest BCUT2D eigenvalue weighted by atomic mass is 10.0. The molecule has 6 heteroatoms. The first-order valence-corrected chi connectivity index (χ1v) is 9.72. The molecule has 0 amide bonds. The Bertz CT molecular complexity index is 559. The molecule has 1 N–H and O–H groups in total. The summed E-state index contributed by atoms with van der Waals surface area (Å²) in [4.78, 5) is 23.0. The summed E-state index contributed by atoms with van der Waals surface area (Å²) < 4.78 is 17.5. The molecule has 2 atom stereocenters. The van der Waals surface area contributed by atoms with Gasteiger partial charge in [0, 0.05) is 31.4 Å². The Balaban J connectivity index is 2.80. The summed E-state index contributed by atoms with van der Waals surface area (Å²) in [7, 11) is 0. The molecule has 27 heavy (non-hydrogen) atoms. The van der Waals surface area contributed by atoms with E-state index in [0.29, 0.717) is 25.9 Å². The number of carbonyl (C=O) groups excluding carboxylic acids is 1. The summed E-state index contributed by atoms with van der Waals surface area (Å²) in [6, 6.07) is 9.34. The lowest BCUT2D eigenvalue weighted by Crippen LogP contribution is -2.38. The van der Waals surface area contributed by atoms with E-state index in [4.69, 9.17) is 19.3 Å². The van der Waals surface area contributed by atoms with Crippen molar-refractivity contribution >= 4 is 11.9 Å². The van der Waals surface area contributed by atoms with E-state index in [9.17, 15) is 9.59 Å². The van der Waals surface area contributed by atoms with Gasteiger partial charge in [-0.1, -0.05) is 50.6 Å². The van der Waals surface area contributed by atoms with Gasteiger partial charge in [-0.3, -0.25) is 9.59 Å². The number of benzene rings is 1. The maximum absolute atomic E-state index is 12.4. The average molecular weight is 380 g/mol. The van der Waals surface area contributed by atoms with Crippen LogP contribution >= 0.6 is 0 Å². The van der Waals surface area contributed by atoms with Crippen LogP contribution in [0, 0.1) is 0 Å². The lowest BCUT2D eigenvalue weighted by Gasteiger charge is -2.35. The second-order valence-electron chi connectivity index (χ2n) is 6.46. The first-order valence-electron chi connectivity index (χ1n) is 9.72. The number of ether oxygens (including phenoxy) is 3. The van der Waals surface area contributed by atoms with Gasteiger partial charge in [0.05, 0.1) is 0 Å². The molecule has 0 radical (unpaired) electrons. The van der Waals surface area contributed by atoms with E-state index in [1.165, 1.54) is 0 Å². The van der Waals surface area contributed by atoms with E-state index < -0.39 is 24.0 Å². The van der Waals surface area contributed by atoms with Crippen LogP contribution in [0.4, 0.5) is 0 Å². The highest BCUT2D eigenvalue weighted by atomic mass is 16.8.